The number of ketones is 1. The van der Waals surface area contributed by atoms with E-state index in [9.17, 15) is 9.59 Å². The number of Topliss-reactive ketones (excluding diaryl/α,β-unsaturated/α-hetero) is 1. The number of rotatable bonds is 10. The third-order valence-electron chi connectivity index (χ3n) is 9.22. The molecule has 0 spiro atoms. The summed E-state index contributed by atoms with van der Waals surface area (Å²) >= 11 is 0. The van der Waals surface area contributed by atoms with Crippen LogP contribution < -0.4 is 5.32 Å². The molecule has 1 aromatic rings. The number of hydrogen-bond donors (Lipinski definition) is 1. The van der Waals surface area contributed by atoms with Crippen molar-refractivity contribution < 1.29 is 9.59 Å². The van der Waals surface area contributed by atoms with Gasteiger partial charge in [-0.2, -0.15) is 0 Å². The van der Waals surface area contributed by atoms with Crippen molar-refractivity contribution >= 4 is 11.7 Å². The molecule has 0 bridgehead atoms. The molecule has 1 N–H and O–H groups in total. The quantitative estimate of drug-likeness (QED) is 0.530. The van der Waals surface area contributed by atoms with E-state index in [1.165, 1.54) is 36.8 Å². The highest BCUT2D eigenvalue weighted by molar-refractivity contribution is 5.90. The molecular weight excluding hydrogens is 434 g/mol. The smallest absolute Gasteiger partial charge is 0.226 e. The van der Waals surface area contributed by atoms with E-state index in [1.807, 2.05) is 14.0 Å². The van der Waals surface area contributed by atoms with Crippen LogP contribution in [0.1, 0.15) is 82.8 Å². The second kappa shape index (κ2) is 12.5. The van der Waals surface area contributed by atoms with Crippen LogP contribution in [0.2, 0.25) is 0 Å². The average molecular weight is 482 g/mol. The lowest BCUT2D eigenvalue weighted by molar-refractivity contribution is -0.142. The molecule has 35 heavy (non-hydrogen) atoms. The minimum atomic E-state index is -0.187. The van der Waals surface area contributed by atoms with Crippen molar-refractivity contribution in [1.82, 2.24) is 15.1 Å². The Morgan fingerprint density at radius 2 is 1.80 bits per heavy atom. The zero-order chi connectivity index (χ0) is 24.8. The zero-order valence-electron chi connectivity index (χ0n) is 22.3. The lowest BCUT2D eigenvalue weighted by Gasteiger charge is -2.39. The van der Waals surface area contributed by atoms with Crippen LogP contribution in [0, 0.1) is 11.8 Å². The minimum absolute atomic E-state index is 0.143. The van der Waals surface area contributed by atoms with E-state index in [0.717, 1.165) is 58.2 Å². The Hall–Kier alpha value is -1.72. The van der Waals surface area contributed by atoms with E-state index in [1.54, 1.807) is 0 Å². The van der Waals surface area contributed by atoms with Crippen molar-refractivity contribution in [2.45, 2.75) is 103 Å². The molecule has 5 nitrogen and oxygen atoms in total. The predicted molar refractivity (Wildman–Crippen MR) is 142 cm³/mol. The molecule has 1 aromatic carbocycles. The van der Waals surface area contributed by atoms with Gasteiger partial charge in [-0.05, 0) is 82.5 Å². The van der Waals surface area contributed by atoms with Crippen molar-refractivity contribution in [2.24, 2.45) is 11.8 Å². The molecule has 194 valence electrons. The molecular formula is C30H47N3O2. The Balaban J connectivity index is 1.45. The van der Waals surface area contributed by atoms with Gasteiger partial charge in [0.15, 0.2) is 0 Å². The lowest BCUT2D eigenvalue weighted by Crippen LogP contribution is -2.50. The summed E-state index contributed by atoms with van der Waals surface area (Å²) < 4.78 is 0. The second-order valence-electron chi connectivity index (χ2n) is 11.3. The van der Waals surface area contributed by atoms with Crippen LogP contribution in [-0.2, 0) is 22.4 Å². The third-order valence-corrected chi connectivity index (χ3v) is 9.22. The molecule has 3 aliphatic rings. The second-order valence-corrected chi connectivity index (χ2v) is 11.3. The summed E-state index contributed by atoms with van der Waals surface area (Å²) in [6.07, 6.45) is 11.9. The number of aryl methyl sites for hydroxylation is 1. The number of fused-ring (bicyclic) bond motifs is 1. The van der Waals surface area contributed by atoms with Crippen LogP contribution in [0.25, 0.3) is 0 Å². The van der Waals surface area contributed by atoms with Crippen LogP contribution >= 0.6 is 0 Å². The van der Waals surface area contributed by atoms with Crippen LogP contribution in [0.3, 0.4) is 0 Å². The average Bonchev–Trinajstić information content (AvgIpc) is 3.37. The number of amides is 1. The summed E-state index contributed by atoms with van der Waals surface area (Å²) in [4.78, 5) is 31.8. The normalized spacial score (nSPS) is 24.9. The first-order valence-corrected chi connectivity index (χ1v) is 14.3. The van der Waals surface area contributed by atoms with Gasteiger partial charge in [0, 0.05) is 37.5 Å². The van der Waals surface area contributed by atoms with E-state index in [2.05, 4.69) is 46.3 Å². The van der Waals surface area contributed by atoms with Crippen molar-refractivity contribution in [2.75, 3.05) is 26.7 Å². The molecule has 4 rings (SSSR count). The van der Waals surface area contributed by atoms with Gasteiger partial charge in [0.1, 0.15) is 5.78 Å². The summed E-state index contributed by atoms with van der Waals surface area (Å²) in [6, 6.07) is 9.54. The fourth-order valence-electron chi connectivity index (χ4n) is 6.87. The van der Waals surface area contributed by atoms with Crippen LogP contribution in [0.5, 0.6) is 0 Å². The van der Waals surface area contributed by atoms with Crippen LogP contribution in [-0.4, -0.2) is 66.3 Å². The molecule has 2 fully saturated rings. The van der Waals surface area contributed by atoms with Crippen molar-refractivity contribution in [3.05, 3.63) is 35.4 Å². The molecule has 1 saturated carbocycles. The first-order chi connectivity index (χ1) is 17.0. The zero-order valence-corrected chi connectivity index (χ0v) is 22.3. The molecule has 2 aliphatic carbocycles. The number of likely N-dealkylation sites (N-methyl/N-ethyl adjacent to an activating group) is 2. The number of nitrogens with one attached hydrogen (secondary N) is 1. The topological polar surface area (TPSA) is 52.7 Å². The Labute approximate surface area is 213 Å². The van der Waals surface area contributed by atoms with Crippen molar-refractivity contribution in [1.29, 1.82) is 0 Å². The van der Waals surface area contributed by atoms with E-state index in [0.29, 0.717) is 18.4 Å². The number of carbonyl (C=O) groups is 2. The maximum atomic E-state index is 14.0. The lowest BCUT2D eigenvalue weighted by atomic mass is 9.76. The Morgan fingerprint density at radius 1 is 1.06 bits per heavy atom. The number of likely N-dealkylation sites (tertiary alicyclic amines) is 1. The fraction of sp³-hybridized carbons (Fsp3) is 0.733. The van der Waals surface area contributed by atoms with Gasteiger partial charge in [0.05, 0.1) is 6.04 Å². The Kier molecular flexibility index (Phi) is 9.40. The summed E-state index contributed by atoms with van der Waals surface area (Å²) in [7, 11) is 1.83. The number of benzene rings is 1. The molecule has 1 saturated heterocycles. The molecule has 5 heteroatoms. The van der Waals surface area contributed by atoms with E-state index >= 15 is 0 Å². The van der Waals surface area contributed by atoms with Gasteiger partial charge in [-0.15, -0.1) is 0 Å². The monoisotopic (exact) mass is 481 g/mol. The maximum Gasteiger partial charge on any atom is 0.226 e. The van der Waals surface area contributed by atoms with Gasteiger partial charge in [-0.1, -0.05) is 50.5 Å². The minimum Gasteiger partial charge on any atom is -0.338 e. The summed E-state index contributed by atoms with van der Waals surface area (Å²) in [5, 5.41) is 3.09. The first kappa shape index (κ1) is 26.3. The molecule has 1 unspecified atom stereocenters. The van der Waals surface area contributed by atoms with E-state index in [-0.39, 0.29) is 29.7 Å². The van der Waals surface area contributed by atoms with Gasteiger partial charge in [0.2, 0.25) is 5.91 Å². The Bertz CT molecular complexity index is 850. The molecule has 1 heterocycles. The number of hydrogen-bond acceptors (Lipinski definition) is 4. The summed E-state index contributed by atoms with van der Waals surface area (Å²) in [6.45, 7) is 7.03. The van der Waals surface area contributed by atoms with Crippen molar-refractivity contribution in [3.63, 3.8) is 0 Å². The third kappa shape index (κ3) is 6.35. The highest BCUT2D eigenvalue weighted by Gasteiger charge is 2.39. The fourth-order valence-corrected chi connectivity index (χ4v) is 6.87. The van der Waals surface area contributed by atoms with E-state index in [4.69, 9.17) is 0 Å². The summed E-state index contributed by atoms with van der Waals surface area (Å²) in [5.74, 6) is 0.669. The molecule has 0 radical (unpaired) electrons. The summed E-state index contributed by atoms with van der Waals surface area (Å²) in [5.41, 5.74) is 3.00. The van der Waals surface area contributed by atoms with Gasteiger partial charge in [0.25, 0.3) is 0 Å². The highest BCUT2D eigenvalue weighted by atomic mass is 16.2. The number of carbonyl (C=O) groups excluding carboxylic acids is 2. The SMILES string of the molecule is CCN(C[C@@H]1CCCN1C(=O)[C@@H](CC(=O)[C@H](C)NC)C1CCCCC1)C1CCc2ccccc2C1. The number of nitrogens with zero attached hydrogens (tertiary/aromatic N) is 2. The van der Waals surface area contributed by atoms with Crippen molar-refractivity contribution in [3.8, 4) is 0 Å². The molecule has 0 aromatic heterocycles. The van der Waals surface area contributed by atoms with E-state index < -0.39 is 0 Å². The highest BCUT2D eigenvalue weighted by Crippen LogP contribution is 2.35. The standard InChI is InChI=1S/C30H47N3O2/c1-4-32(26-17-16-23-11-8-9-14-25(23)19-26)21-27-15-10-18-33(27)30(35)28(20-29(34)22(2)31-3)24-12-6-5-7-13-24/h8-9,11,14,22,24,26-28,31H,4-7,10,12-13,15-21H2,1-3H3/t22-,26?,27-,28-/m0/s1. The van der Waals surface area contributed by atoms with Gasteiger partial charge >= 0.3 is 0 Å². The predicted octanol–water partition coefficient (Wildman–Crippen LogP) is 4.62. The van der Waals surface area contributed by atoms with Gasteiger partial charge < -0.3 is 10.2 Å². The molecule has 1 amide bonds. The maximum absolute atomic E-state index is 14.0. The van der Waals surface area contributed by atoms with Crippen LogP contribution in [0.15, 0.2) is 24.3 Å². The Morgan fingerprint density at radius 3 is 2.51 bits per heavy atom. The van der Waals surface area contributed by atoms with Gasteiger partial charge in [-0.3, -0.25) is 14.5 Å². The van der Waals surface area contributed by atoms with Gasteiger partial charge in [-0.25, -0.2) is 0 Å². The first-order valence-electron chi connectivity index (χ1n) is 14.3. The molecule has 1 aliphatic heterocycles. The largest absolute Gasteiger partial charge is 0.338 e. The van der Waals surface area contributed by atoms with Crippen LogP contribution in [0.4, 0.5) is 0 Å². The molecule has 4 atom stereocenters.